The molecule has 1 amide bonds. The van der Waals surface area contributed by atoms with E-state index in [4.69, 9.17) is 11.6 Å². The molecule has 5 nitrogen and oxygen atoms in total. The number of H-pyrrole nitrogens is 1. The Morgan fingerprint density at radius 1 is 1.00 bits per heavy atom. The molecule has 2 N–H and O–H groups in total. The maximum Gasteiger partial charge on any atom is 0.295 e. The molecule has 1 atom stereocenters. The number of aliphatic hydroxyl groups excluding tert-OH is 1. The quantitative estimate of drug-likeness (QED) is 0.180. The van der Waals surface area contributed by atoms with Crippen LogP contribution in [0.4, 0.5) is 0 Å². The molecule has 0 saturated carbocycles. The number of rotatable bonds is 5. The molecule has 0 spiro atoms. The number of benzene rings is 3. The van der Waals surface area contributed by atoms with Crippen LogP contribution in [-0.2, 0) is 16.0 Å². The third-order valence-electron chi connectivity index (χ3n) is 6.14. The number of carbonyl (C=O) groups is 2. The lowest BCUT2D eigenvalue weighted by Crippen LogP contribution is -2.31. The summed E-state index contributed by atoms with van der Waals surface area (Å²) in [5, 5.41) is 12.7. The standard InChI is InChI=1S/C27H20BrClN2O3/c28-19-9-5-16(6-10-19)24-23(25(32)17-7-11-20(29)12-8-17)26(33)27(34)31(24)14-13-18-15-30-22-4-2-1-3-21(18)22/h1-12,15,24,30,32H,13-14H2/b25-23+. The summed E-state index contributed by atoms with van der Waals surface area (Å²) < 4.78 is 0.879. The number of ketones is 1. The third kappa shape index (κ3) is 4.04. The Morgan fingerprint density at radius 3 is 2.44 bits per heavy atom. The van der Waals surface area contributed by atoms with Gasteiger partial charge in [0.05, 0.1) is 11.6 Å². The number of aromatic amines is 1. The summed E-state index contributed by atoms with van der Waals surface area (Å²) in [7, 11) is 0. The van der Waals surface area contributed by atoms with Gasteiger partial charge in [0.25, 0.3) is 11.7 Å². The number of hydrogen-bond donors (Lipinski definition) is 2. The van der Waals surface area contributed by atoms with E-state index in [9.17, 15) is 14.7 Å². The van der Waals surface area contributed by atoms with Gasteiger partial charge in [-0.15, -0.1) is 0 Å². The zero-order valence-electron chi connectivity index (χ0n) is 18.0. The van der Waals surface area contributed by atoms with Gasteiger partial charge in [0.1, 0.15) is 5.76 Å². The van der Waals surface area contributed by atoms with E-state index in [0.717, 1.165) is 26.5 Å². The van der Waals surface area contributed by atoms with Gasteiger partial charge in [0.15, 0.2) is 0 Å². The second-order valence-electron chi connectivity index (χ2n) is 8.16. The molecule has 34 heavy (non-hydrogen) atoms. The van der Waals surface area contributed by atoms with Crippen LogP contribution < -0.4 is 0 Å². The van der Waals surface area contributed by atoms with Crippen LogP contribution in [0.1, 0.15) is 22.7 Å². The number of likely N-dealkylation sites (tertiary alicyclic amines) is 1. The number of nitrogens with one attached hydrogen (secondary N) is 1. The molecule has 2 heterocycles. The second kappa shape index (κ2) is 9.12. The van der Waals surface area contributed by atoms with E-state index in [1.807, 2.05) is 54.7 Å². The highest BCUT2D eigenvalue weighted by Crippen LogP contribution is 2.40. The molecule has 1 saturated heterocycles. The number of halogens is 2. The van der Waals surface area contributed by atoms with E-state index in [1.165, 1.54) is 0 Å². The molecule has 3 aromatic carbocycles. The van der Waals surface area contributed by atoms with Crippen LogP contribution in [0.3, 0.4) is 0 Å². The Balaban J connectivity index is 1.56. The fourth-order valence-corrected chi connectivity index (χ4v) is 4.84. The largest absolute Gasteiger partial charge is 0.507 e. The number of amides is 1. The molecule has 170 valence electrons. The Kier molecular flexibility index (Phi) is 6.02. The zero-order valence-corrected chi connectivity index (χ0v) is 20.3. The summed E-state index contributed by atoms with van der Waals surface area (Å²) in [5.41, 5.74) is 3.34. The van der Waals surface area contributed by atoms with Gasteiger partial charge in [-0.05, 0) is 60.0 Å². The van der Waals surface area contributed by atoms with E-state index in [2.05, 4.69) is 20.9 Å². The molecule has 1 aliphatic heterocycles. The molecule has 0 aliphatic carbocycles. The summed E-state index contributed by atoms with van der Waals surface area (Å²) in [5.74, 6) is -1.53. The van der Waals surface area contributed by atoms with Crippen molar-refractivity contribution in [1.82, 2.24) is 9.88 Å². The molecule has 4 aromatic rings. The topological polar surface area (TPSA) is 73.4 Å². The van der Waals surface area contributed by atoms with Gasteiger partial charge in [-0.2, -0.15) is 0 Å². The minimum atomic E-state index is -0.700. The summed E-state index contributed by atoms with van der Waals surface area (Å²) in [4.78, 5) is 31.1. The Hall–Kier alpha value is -3.35. The molecule has 0 radical (unpaired) electrons. The molecule has 5 rings (SSSR count). The first-order valence-electron chi connectivity index (χ1n) is 10.8. The first kappa shape index (κ1) is 22.4. The predicted molar refractivity (Wildman–Crippen MR) is 137 cm³/mol. The van der Waals surface area contributed by atoms with Gasteiger partial charge in [-0.25, -0.2) is 0 Å². The number of aromatic nitrogens is 1. The molecule has 1 aromatic heterocycles. The van der Waals surface area contributed by atoms with Crippen molar-refractivity contribution >= 4 is 55.9 Å². The van der Waals surface area contributed by atoms with Crippen molar-refractivity contribution < 1.29 is 14.7 Å². The van der Waals surface area contributed by atoms with E-state index in [0.29, 0.717) is 23.6 Å². The molecule has 1 aliphatic rings. The fraction of sp³-hybridized carbons (Fsp3) is 0.111. The van der Waals surface area contributed by atoms with Gasteiger partial charge in [0, 0.05) is 38.7 Å². The average molecular weight is 536 g/mol. The van der Waals surface area contributed by atoms with Crippen molar-refractivity contribution in [3.05, 3.63) is 111 Å². The van der Waals surface area contributed by atoms with Gasteiger partial charge in [-0.3, -0.25) is 9.59 Å². The molecule has 7 heteroatoms. The smallest absolute Gasteiger partial charge is 0.295 e. The van der Waals surface area contributed by atoms with E-state index in [1.54, 1.807) is 29.2 Å². The molecular formula is C27H20BrClN2O3. The summed E-state index contributed by atoms with van der Waals surface area (Å²) in [6.07, 6.45) is 2.49. The Labute approximate surface area is 209 Å². The first-order chi connectivity index (χ1) is 16.4. The number of nitrogens with zero attached hydrogens (tertiary/aromatic N) is 1. The van der Waals surface area contributed by atoms with Gasteiger partial charge in [0.2, 0.25) is 0 Å². The van der Waals surface area contributed by atoms with E-state index >= 15 is 0 Å². The normalized spacial score (nSPS) is 17.6. The molecule has 1 unspecified atom stereocenters. The second-order valence-corrected chi connectivity index (χ2v) is 9.51. The molecule has 1 fully saturated rings. The fourth-order valence-electron chi connectivity index (χ4n) is 4.44. The summed E-state index contributed by atoms with van der Waals surface area (Å²) >= 11 is 9.42. The number of carbonyl (C=O) groups excluding carboxylic acids is 2. The van der Waals surface area contributed by atoms with Crippen LogP contribution in [-0.4, -0.2) is 33.2 Å². The van der Waals surface area contributed by atoms with Crippen molar-refractivity contribution in [2.24, 2.45) is 0 Å². The van der Waals surface area contributed by atoms with Crippen LogP contribution in [0, 0.1) is 0 Å². The van der Waals surface area contributed by atoms with E-state index in [-0.39, 0.29) is 11.3 Å². The van der Waals surface area contributed by atoms with Crippen LogP contribution in [0.15, 0.2) is 89.0 Å². The zero-order chi connectivity index (χ0) is 23.8. The summed E-state index contributed by atoms with van der Waals surface area (Å²) in [6.45, 7) is 0.324. The van der Waals surface area contributed by atoms with Crippen molar-refractivity contribution in [2.75, 3.05) is 6.54 Å². The number of hydrogen-bond acceptors (Lipinski definition) is 3. The average Bonchev–Trinajstić information content (AvgIpc) is 3.37. The highest BCUT2D eigenvalue weighted by Gasteiger charge is 2.45. The van der Waals surface area contributed by atoms with Crippen LogP contribution in [0.25, 0.3) is 16.7 Å². The van der Waals surface area contributed by atoms with Crippen LogP contribution >= 0.6 is 27.5 Å². The number of Topliss-reactive ketones (excluding diaryl/α,β-unsaturated/α-hetero) is 1. The maximum atomic E-state index is 13.2. The highest BCUT2D eigenvalue weighted by molar-refractivity contribution is 9.10. The number of fused-ring (bicyclic) bond motifs is 1. The lowest BCUT2D eigenvalue weighted by atomic mass is 9.95. The van der Waals surface area contributed by atoms with Crippen molar-refractivity contribution in [3.63, 3.8) is 0 Å². The minimum Gasteiger partial charge on any atom is -0.507 e. The Bertz CT molecular complexity index is 1420. The van der Waals surface area contributed by atoms with Gasteiger partial charge >= 0.3 is 0 Å². The van der Waals surface area contributed by atoms with Crippen molar-refractivity contribution in [3.8, 4) is 0 Å². The number of para-hydroxylation sites is 1. The van der Waals surface area contributed by atoms with Crippen molar-refractivity contribution in [2.45, 2.75) is 12.5 Å². The van der Waals surface area contributed by atoms with Crippen LogP contribution in [0.2, 0.25) is 5.02 Å². The molecule has 0 bridgehead atoms. The van der Waals surface area contributed by atoms with Crippen molar-refractivity contribution in [1.29, 1.82) is 0 Å². The van der Waals surface area contributed by atoms with Gasteiger partial charge < -0.3 is 15.0 Å². The lowest BCUT2D eigenvalue weighted by Gasteiger charge is -2.25. The summed E-state index contributed by atoms with van der Waals surface area (Å²) in [6, 6.07) is 21.2. The highest BCUT2D eigenvalue weighted by atomic mass is 79.9. The maximum absolute atomic E-state index is 13.2. The monoisotopic (exact) mass is 534 g/mol. The van der Waals surface area contributed by atoms with E-state index < -0.39 is 17.7 Å². The minimum absolute atomic E-state index is 0.0774. The third-order valence-corrected chi connectivity index (χ3v) is 6.92. The number of aliphatic hydroxyl groups is 1. The van der Waals surface area contributed by atoms with Gasteiger partial charge in [-0.1, -0.05) is 57.9 Å². The Morgan fingerprint density at radius 2 is 1.71 bits per heavy atom. The lowest BCUT2D eigenvalue weighted by molar-refractivity contribution is -0.139. The molecular weight excluding hydrogens is 516 g/mol. The SMILES string of the molecule is O=C1C(=O)N(CCc2c[nH]c3ccccc23)C(c2ccc(Br)cc2)/C1=C(\O)c1ccc(Cl)cc1. The van der Waals surface area contributed by atoms with Crippen LogP contribution in [0.5, 0.6) is 0 Å². The first-order valence-corrected chi connectivity index (χ1v) is 12.0. The predicted octanol–water partition coefficient (Wildman–Crippen LogP) is 6.25.